The molecule has 0 unspecified atom stereocenters. The number of pyridine rings is 1. The molecule has 1 aromatic carbocycles. The molecule has 0 spiro atoms. The number of aryl methyl sites for hydroxylation is 2. The zero-order chi connectivity index (χ0) is 15.8. The Bertz CT molecular complexity index is 594. The van der Waals surface area contributed by atoms with Gasteiger partial charge in [-0.2, -0.15) is 0 Å². The third-order valence-electron chi connectivity index (χ3n) is 3.03. The van der Waals surface area contributed by atoms with E-state index in [4.69, 9.17) is 4.74 Å². The third kappa shape index (κ3) is 5.44. The summed E-state index contributed by atoms with van der Waals surface area (Å²) >= 11 is 0. The molecular formula is C17H21N3O2. The summed E-state index contributed by atoms with van der Waals surface area (Å²) in [5.74, 6) is 0.829. The van der Waals surface area contributed by atoms with Crippen LogP contribution < -0.4 is 15.4 Å². The van der Waals surface area contributed by atoms with E-state index in [0.29, 0.717) is 19.7 Å². The molecule has 0 aliphatic rings. The standard InChI is InChI=1S/C17H21N3O2/c1-13-8-14(2)10-16(9-13)22-7-6-19-17(21)20-12-15-4-3-5-18-11-15/h3-5,8-11H,6-7,12H2,1-2H3,(H2,19,20,21). The fourth-order valence-corrected chi connectivity index (χ4v) is 2.10. The number of carbonyl (C=O) groups excluding carboxylic acids is 1. The number of rotatable bonds is 6. The van der Waals surface area contributed by atoms with Gasteiger partial charge in [-0.05, 0) is 48.7 Å². The molecule has 2 amide bonds. The molecule has 0 saturated carbocycles. The second kappa shape index (κ2) is 8.02. The smallest absolute Gasteiger partial charge is 0.315 e. The average Bonchev–Trinajstić information content (AvgIpc) is 2.50. The number of nitrogens with zero attached hydrogens (tertiary/aromatic N) is 1. The Balaban J connectivity index is 1.64. The van der Waals surface area contributed by atoms with Gasteiger partial charge in [-0.15, -0.1) is 0 Å². The van der Waals surface area contributed by atoms with E-state index in [1.807, 2.05) is 38.1 Å². The van der Waals surface area contributed by atoms with E-state index in [9.17, 15) is 4.79 Å². The monoisotopic (exact) mass is 299 g/mol. The van der Waals surface area contributed by atoms with Crippen LogP contribution in [-0.2, 0) is 6.54 Å². The Morgan fingerprint density at radius 1 is 1.18 bits per heavy atom. The maximum Gasteiger partial charge on any atom is 0.315 e. The molecule has 116 valence electrons. The van der Waals surface area contributed by atoms with E-state index < -0.39 is 0 Å². The quantitative estimate of drug-likeness (QED) is 0.806. The summed E-state index contributed by atoms with van der Waals surface area (Å²) in [6.45, 7) is 5.40. The first kappa shape index (κ1) is 15.8. The molecule has 0 fully saturated rings. The lowest BCUT2D eigenvalue weighted by molar-refractivity contribution is 0.236. The second-order valence-electron chi connectivity index (χ2n) is 5.14. The van der Waals surface area contributed by atoms with Crippen molar-refractivity contribution < 1.29 is 9.53 Å². The molecule has 1 heterocycles. The summed E-state index contributed by atoms with van der Waals surface area (Å²) in [6, 6.07) is 9.60. The lowest BCUT2D eigenvalue weighted by Gasteiger charge is -2.10. The van der Waals surface area contributed by atoms with Crippen LogP contribution in [0.2, 0.25) is 0 Å². The maximum atomic E-state index is 11.6. The van der Waals surface area contributed by atoms with E-state index in [1.165, 1.54) is 0 Å². The average molecular weight is 299 g/mol. The molecule has 1 aromatic heterocycles. The summed E-state index contributed by atoms with van der Waals surface area (Å²) in [5.41, 5.74) is 3.29. The largest absolute Gasteiger partial charge is 0.492 e. The van der Waals surface area contributed by atoms with Gasteiger partial charge in [0.25, 0.3) is 0 Å². The molecular weight excluding hydrogens is 278 g/mol. The van der Waals surface area contributed by atoms with E-state index in [-0.39, 0.29) is 6.03 Å². The molecule has 2 aromatic rings. The van der Waals surface area contributed by atoms with Crippen molar-refractivity contribution in [1.29, 1.82) is 0 Å². The molecule has 2 rings (SSSR count). The van der Waals surface area contributed by atoms with Gasteiger partial charge in [-0.1, -0.05) is 12.1 Å². The van der Waals surface area contributed by atoms with Crippen LogP contribution in [0.3, 0.4) is 0 Å². The molecule has 0 bridgehead atoms. The van der Waals surface area contributed by atoms with Crippen LogP contribution in [0.25, 0.3) is 0 Å². The predicted octanol–water partition coefficient (Wildman–Crippen LogP) is 2.58. The van der Waals surface area contributed by atoms with Crippen molar-refractivity contribution >= 4 is 6.03 Å². The van der Waals surface area contributed by atoms with Crippen LogP contribution in [0.1, 0.15) is 16.7 Å². The Labute approximate surface area is 130 Å². The number of hydrogen-bond acceptors (Lipinski definition) is 3. The second-order valence-corrected chi connectivity index (χ2v) is 5.14. The number of urea groups is 1. The van der Waals surface area contributed by atoms with Crippen molar-refractivity contribution in [1.82, 2.24) is 15.6 Å². The maximum absolute atomic E-state index is 11.6. The molecule has 5 nitrogen and oxygen atoms in total. The van der Waals surface area contributed by atoms with Gasteiger partial charge in [0, 0.05) is 18.9 Å². The highest BCUT2D eigenvalue weighted by atomic mass is 16.5. The zero-order valence-electron chi connectivity index (χ0n) is 12.9. The molecule has 5 heteroatoms. The van der Waals surface area contributed by atoms with E-state index >= 15 is 0 Å². The van der Waals surface area contributed by atoms with Crippen LogP contribution in [0.15, 0.2) is 42.7 Å². The van der Waals surface area contributed by atoms with Gasteiger partial charge in [-0.25, -0.2) is 4.79 Å². The summed E-state index contributed by atoms with van der Waals surface area (Å²) in [4.78, 5) is 15.6. The van der Waals surface area contributed by atoms with Crippen molar-refractivity contribution in [2.75, 3.05) is 13.2 Å². The van der Waals surface area contributed by atoms with Crippen LogP contribution in [0, 0.1) is 13.8 Å². The minimum atomic E-state index is -0.215. The fraction of sp³-hybridized carbons (Fsp3) is 0.294. The number of ether oxygens (including phenoxy) is 1. The van der Waals surface area contributed by atoms with Gasteiger partial charge in [0.05, 0.1) is 6.54 Å². The number of carbonyl (C=O) groups is 1. The zero-order valence-corrected chi connectivity index (χ0v) is 12.9. The van der Waals surface area contributed by atoms with Crippen LogP contribution in [-0.4, -0.2) is 24.2 Å². The van der Waals surface area contributed by atoms with Crippen LogP contribution in [0.5, 0.6) is 5.75 Å². The Kier molecular flexibility index (Phi) is 5.77. The van der Waals surface area contributed by atoms with Gasteiger partial charge in [-0.3, -0.25) is 4.98 Å². The summed E-state index contributed by atoms with van der Waals surface area (Å²) in [7, 11) is 0. The molecule has 22 heavy (non-hydrogen) atoms. The normalized spacial score (nSPS) is 10.1. The van der Waals surface area contributed by atoms with Crippen molar-refractivity contribution in [2.45, 2.75) is 20.4 Å². The van der Waals surface area contributed by atoms with Crippen molar-refractivity contribution in [3.63, 3.8) is 0 Å². The Hall–Kier alpha value is -2.56. The van der Waals surface area contributed by atoms with Crippen molar-refractivity contribution in [3.8, 4) is 5.75 Å². The molecule has 0 aliphatic heterocycles. The van der Waals surface area contributed by atoms with Gasteiger partial charge in [0.1, 0.15) is 12.4 Å². The van der Waals surface area contributed by atoms with Gasteiger partial charge in [0.15, 0.2) is 0 Å². The highest BCUT2D eigenvalue weighted by Gasteiger charge is 2.01. The molecule has 0 saturated heterocycles. The van der Waals surface area contributed by atoms with E-state index in [1.54, 1.807) is 12.4 Å². The van der Waals surface area contributed by atoms with Gasteiger partial charge in [0.2, 0.25) is 0 Å². The lowest BCUT2D eigenvalue weighted by Crippen LogP contribution is -2.37. The van der Waals surface area contributed by atoms with E-state index in [2.05, 4.69) is 21.7 Å². The highest BCUT2D eigenvalue weighted by Crippen LogP contribution is 2.15. The van der Waals surface area contributed by atoms with Crippen LogP contribution in [0.4, 0.5) is 4.79 Å². The molecule has 0 aliphatic carbocycles. The number of nitrogens with one attached hydrogen (secondary N) is 2. The predicted molar refractivity (Wildman–Crippen MR) is 85.9 cm³/mol. The summed E-state index contributed by atoms with van der Waals surface area (Å²) < 4.78 is 5.63. The molecule has 0 atom stereocenters. The van der Waals surface area contributed by atoms with E-state index in [0.717, 1.165) is 22.4 Å². The Morgan fingerprint density at radius 2 is 1.95 bits per heavy atom. The van der Waals surface area contributed by atoms with Crippen molar-refractivity contribution in [3.05, 3.63) is 59.4 Å². The topological polar surface area (TPSA) is 63.2 Å². The first-order valence-corrected chi connectivity index (χ1v) is 7.25. The number of amides is 2. The SMILES string of the molecule is Cc1cc(C)cc(OCCNC(=O)NCc2cccnc2)c1. The Morgan fingerprint density at radius 3 is 2.64 bits per heavy atom. The summed E-state index contributed by atoms with van der Waals surface area (Å²) in [5, 5.41) is 5.53. The first-order valence-electron chi connectivity index (χ1n) is 7.25. The fourth-order valence-electron chi connectivity index (χ4n) is 2.10. The van der Waals surface area contributed by atoms with Gasteiger partial charge >= 0.3 is 6.03 Å². The molecule has 2 N–H and O–H groups in total. The minimum absolute atomic E-state index is 0.215. The molecule has 0 radical (unpaired) electrons. The third-order valence-corrected chi connectivity index (χ3v) is 3.03. The summed E-state index contributed by atoms with van der Waals surface area (Å²) in [6.07, 6.45) is 3.43. The number of aromatic nitrogens is 1. The number of hydrogen-bond donors (Lipinski definition) is 2. The first-order chi connectivity index (χ1) is 10.6. The highest BCUT2D eigenvalue weighted by molar-refractivity contribution is 5.73. The van der Waals surface area contributed by atoms with Gasteiger partial charge < -0.3 is 15.4 Å². The van der Waals surface area contributed by atoms with Crippen LogP contribution >= 0.6 is 0 Å². The lowest BCUT2D eigenvalue weighted by atomic mass is 10.1. The number of benzene rings is 1. The van der Waals surface area contributed by atoms with Crippen molar-refractivity contribution in [2.24, 2.45) is 0 Å². The minimum Gasteiger partial charge on any atom is -0.492 e.